The number of fused-ring (bicyclic) bond motifs is 24. The molecule has 30 rings (SSSR count). The van der Waals surface area contributed by atoms with E-state index in [1.165, 1.54) is 50.2 Å². The first kappa shape index (κ1) is 80.7. The Bertz CT molecular complexity index is 9800. The minimum atomic E-state index is -0.0811. The van der Waals surface area contributed by atoms with Crippen LogP contribution in [0.2, 0.25) is 0 Å². The lowest BCUT2D eigenvalue weighted by Gasteiger charge is -2.28. The number of benzene rings is 21. The Morgan fingerprint density at radius 1 is 0.191 bits per heavy atom. The minimum absolute atomic E-state index is 0.0192. The third-order valence-electron chi connectivity index (χ3n) is 28.7. The van der Waals surface area contributed by atoms with Crippen molar-refractivity contribution in [1.29, 1.82) is 0 Å². The van der Waals surface area contributed by atoms with Crippen LogP contribution in [0.4, 0.5) is 11.4 Å². The molecule has 0 saturated carbocycles. The summed E-state index contributed by atoms with van der Waals surface area (Å²) in [7, 11) is 0. The standard InChI is InChI=1S/2C44H27NO2.C44H29NO2/c1-3-14-28(15-4-1)30-21-11-24-35-36-25-12-23-34(43(36)47-42(30)35)32-19-8-7-18-31(32)33-22-13-27-39-40(33)41-44(46-39)37-20-9-10-26-38(37)45(41)29-16-5-2-6-17-29;1-3-13-28(14-4-1)29-25-26-39-37(27-29)35-22-11-21-34(43(35)46-39)32-18-8-7-17-31(32)33-20-12-24-40-41(33)42-44(47-40)36-19-9-10-23-38(36)45(42)30-15-5-2-6-16-30;1-3-12-28(13-4-1)29-22-24-34-35-25-23-30(27-41(35)46-40(34)26-29)32-16-7-8-17-33(32)36-19-11-21-39-42(36)43-44(47-39)37-18-9-10-20-38(37)45(43)31-14-5-2-6-15-31/h2*1-27H;1-27,43-44H. The molecule has 0 fully saturated rings. The van der Waals surface area contributed by atoms with E-state index in [0.29, 0.717) is 0 Å². The number of anilines is 2. The zero-order chi connectivity index (χ0) is 92.7. The molecule has 21 aromatic carbocycles. The summed E-state index contributed by atoms with van der Waals surface area (Å²) < 4.78 is 44.9. The van der Waals surface area contributed by atoms with Crippen LogP contribution in [0.3, 0.4) is 0 Å². The molecular formula is C132H83N3O6. The van der Waals surface area contributed by atoms with Crippen LogP contribution >= 0.6 is 0 Å². The van der Waals surface area contributed by atoms with E-state index in [1.54, 1.807) is 0 Å². The Morgan fingerprint density at radius 3 is 1.13 bits per heavy atom. The van der Waals surface area contributed by atoms with Gasteiger partial charge in [0.25, 0.3) is 0 Å². The molecule has 0 saturated heterocycles. The van der Waals surface area contributed by atoms with Crippen LogP contribution in [0.25, 0.3) is 243 Å². The summed E-state index contributed by atoms with van der Waals surface area (Å²) in [4.78, 5) is 2.46. The van der Waals surface area contributed by atoms with E-state index in [4.69, 9.17) is 26.8 Å². The second-order valence-electron chi connectivity index (χ2n) is 36.5. The summed E-state index contributed by atoms with van der Waals surface area (Å²) in [6.45, 7) is 0. The molecule has 2 aliphatic rings. The van der Waals surface area contributed by atoms with Crippen molar-refractivity contribution in [2.45, 2.75) is 12.1 Å². The molecule has 662 valence electrons. The zero-order valence-electron chi connectivity index (χ0n) is 76.2. The Hall–Kier alpha value is -18.7. The van der Waals surface area contributed by atoms with E-state index in [9.17, 15) is 0 Å². The van der Waals surface area contributed by atoms with Crippen molar-refractivity contribution in [3.05, 3.63) is 503 Å². The van der Waals surface area contributed by atoms with Gasteiger partial charge in [-0.15, -0.1) is 0 Å². The molecular weight excluding hydrogens is 1720 g/mol. The first-order valence-electron chi connectivity index (χ1n) is 48.0. The number of aromatic nitrogens is 2. The molecule has 0 spiro atoms. The van der Waals surface area contributed by atoms with E-state index in [-0.39, 0.29) is 12.1 Å². The van der Waals surface area contributed by atoms with Gasteiger partial charge >= 0.3 is 0 Å². The van der Waals surface area contributed by atoms with Gasteiger partial charge in [0.1, 0.15) is 67.5 Å². The Balaban J connectivity index is 0.000000104. The van der Waals surface area contributed by atoms with Gasteiger partial charge in [0.15, 0.2) is 17.3 Å². The lowest BCUT2D eigenvalue weighted by molar-refractivity contribution is 0.223. The minimum Gasteiger partial charge on any atom is -0.483 e. The quantitative estimate of drug-likeness (QED) is 0.120. The highest BCUT2D eigenvalue weighted by Gasteiger charge is 2.49. The number of para-hydroxylation sites is 9. The summed E-state index contributed by atoms with van der Waals surface area (Å²) in [6, 6.07) is 173. The Morgan fingerprint density at radius 2 is 0.567 bits per heavy atom. The third-order valence-corrected chi connectivity index (χ3v) is 28.7. The van der Waals surface area contributed by atoms with Crippen LogP contribution in [0.5, 0.6) is 5.75 Å². The SMILES string of the molecule is c1ccc(-c2ccc3c(c2)oc2cc(-c4ccccc4-c4cccc5c4C4C(O5)c5ccccc5N4c4ccccc4)ccc23)cc1.c1ccc(-c2ccc3oc4c(-c5ccccc5-c5cccc6oc7c8ccccc8n(-c8ccccc8)c7c56)cccc4c3c2)cc1.c1ccc(-c2cccc3c2oc2c(-c4ccccc4-c4cccc5oc6c7ccccc7n(-c7ccccc7)c6c45)cccc23)cc1. The summed E-state index contributed by atoms with van der Waals surface area (Å²) in [5.74, 6) is 0.949. The monoisotopic (exact) mass is 1810 g/mol. The van der Waals surface area contributed by atoms with Gasteiger partial charge in [0.05, 0.1) is 21.8 Å². The first-order chi connectivity index (χ1) is 70.0. The van der Waals surface area contributed by atoms with Crippen molar-refractivity contribution in [2.75, 3.05) is 4.90 Å². The lowest BCUT2D eigenvalue weighted by atomic mass is 9.88. The summed E-state index contributed by atoms with van der Waals surface area (Å²) >= 11 is 0. The molecule has 7 aromatic heterocycles. The topological polar surface area (TPSA) is 88.0 Å². The van der Waals surface area contributed by atoms with Crippen LogP contribution in [0.15, 0.2) is 513 Å². The number of hydrogen-bond donors (Lipinski definition) is 0. The van der Waals surface area contributed by atoms with Gasteiger partial charge in [-0.1, -0.05) is 370 Å². The maximum atomic E-state index is 6.85. The smallest absolute Gasteiger partial charge is 0.161 e. The fourth-order valence-corrected chi connectivity index (χ4v) is 22.5. The summed E-state index contributed by atoms with van der Waals surface area (Å²) in [6.07, 6.45) is -0.0811. The van der Waals surface area contributed by atoms with E-state index in [1.807, 2.05) is 12.1 Å². The van der Waals surface area contributed by atoms with Crippen molar-refractivity contribution in [3.63, 3.8) is 0 Å². The van der Waals surface area contributed by atoms with Gasteiger partial charge in [0, 0.05) is 93.7 Å². The average molecular weight is 1810 g/mol. The van der Waals surface area contributed by atoms with Gasteiger partial charge in [-0.3, -0.25) is 0 Å². The predicted molar refractivity (Wildman–Crippen MR) is 579 cm³/mol. The molecule has 2 unspecified atom stereocenters. The number of hydrogen-bond acceptors (Lipinski definition) is 7. The molecule has 2 atom stereocenters. The highest BCUT2D eigenvalue weighted by atomic mass is 16.5. The van der Waals surface area contributed by atoms with Crippen molar-refractivity contribution < 1.29 is 26.8 Å². The van der Waals surface area contributed by atoms with Crippen molar-refractivity contribution >= 4 is 143 Å². The molecule has 0 bridgehead atoms. The second-order valence-corrected chi connectivity index (χ2v) is 36.5. The third kappa shape index (κ3) is 13.2. The predicted octanol–water partition coefficient (Wildman–Crippen LogP) is 36.8. The highest BCUT2D eigenvalue weighted by molar-refractivity contribution is 6.24. The molecule has 9 heteroatoms. The van der Waals surface area contributed by atoms with Crippen molar-refractivity contribution in [3.8, 4) is 117 Å². The first-order valence-corrected chi connectivity index (χ1v) is 48.0. The van der Waals surface area contributed by atoms with E-state index < -0.39 is 0 Å². The van der Waals surface area contributed by atoms with Crippen LogP contribution in [0, 0.1) is 0 Å². The molecule has 2 aliphatic heterocycles. The van der Waals surface area contributed by atoms with Gasteiger partial charge in [-0.25, -0.2) is 0 Å². The summed E-state index contributed by atoms with van der Waals surface area (Å²) in [5, 5.41) is 11.1. The zero-order valence-corrected chi connectivity index (χ0v) is 76.2. The van der Waals surface area contributed by atoms with Crippen molar-refractivity contribution in [2.24, 2.45) is 0 Å². The van der Waals surface area contributed by atoms with Crippen LogP contribution in [-0.2, 0) is 0 Å². The van der Waals surface area contributed by atoms with Crippen LogP contribution < -0.4 is 9.64 Å². The normalized spacial score (nSPS) is 13.3. The molecule has 0 amide bonds. The number of rotatable bonds is 12. The van der Waals surface area contributed by atoms with Gasteiger partial charge in [0.2, 0.25) is 0 Å². The van der Waals surface area contributed by atoms with E-state index in [0.717, 1.165) is 221 Å². The fraction of sp³-hybridized carbons (Fsp3) is 0.0152. The van der Waals surface area contributed by atoms with Crippen molar-refractivity contribution in [1.82, 2.24) is 9.13 Å². The number of ether oxygens (including phenoxy) is 1. The Labute approximate surface area is 810 Å². The largest absolute Gasteiger partial charge is 0.483 e. The average Bonchev–Trinajstić information content (AvgIpc) is 1.56. The molecule has 9 heterocycles. The lowest BCUT2D eigenvalue weighted by Crippen LogP contribution is -2.20. The van der Waals surface area contributed by atoms with Crippen LogP contribution in [-0.4, -0.2) is 9.13 Å². The molecule has 0 aliphatic carbocycles. The maximum Gasteiger partial charge on any atom is 0.161 e. The van der Waals surface area contributed by atoms with E-state index >= 15 is 0 Å². The molecule has 0 N–H and O–H groups in total. The second kappa shape index (κ2) is 33.1. The van der Waals surface area contributed by atoms with Gasteiger partial charge < -0.3 is 40.9 Å². The molecule has 0 radical (unpaired) electrons. The van der Waals surface area contributed by atoms with Crippen LogP contribution in [0.1, 0.15) is 23.3 Å². The van der Waals surface area contributed by atoms with E-state index in [2.05, 4.69) is 493 Å². The molecule has 28 aromatic rings. The van der Waals surface area contributed by atoms with Gasteiger partial charge in [-0.2, -0.15) is 0 Å². The fourth-order valence-electron chi connectivity index (χ4n) is 22.5. The summed E-state index contributed by atoms with van der Waals surface area (Å²) in [5.41, 5.74) is 40.8. The maximum absolute atomic E-state index is 6.85. The van der Waals surface area contributed by atoms with Gasteiger partial charge in [-0.05, 0) is 205 Å². The highest BCUT2D eigenvalue weighted by Crippen LogP contribution is 2.62. The number of nitrogens with zero attached hydrogens (tertiary/aromatic N) is 3. The molecule has 141 heavy (non-hydrogen) atoms. The molecule has 9 nitrogen and oxygen atoms in total. The Kier molecular flexibility index (Phi) is 19.0. The number of furan rings is 5.